The number of hydrogen-bond donors (Lipinski definition) is 0. The predicted molar refractivity (Wildman–Crippen MR) is 122 cm³/mol. The lowest BCUT2D eigenvalue weighted by atomic mass is 9.94. The molecule has 2 aliphatic heterocycles. The topological polar surface area (TPSA) is 43.9 Å². The van der Waals surface area contributed by atoms with Crippen molar-refractivity contribution >= 4 is 23.1 Å². The summed E-state index contributed by atoms with van der Waals surface area (Å²) >= 11 is 0. The van der Waals surface area contributed by atoms with E-state index >= 15 is 0 Å². The van der Waals surface area contributed by atoms with E-state index in [1.807, 2.05) is 18.2 Å². The number of benzene rings is 2. The van der Waals surface area contributed by atoms with Crippen molar-refractivity contribution in [2.45, 2.75) is 38.1 Å². The summed E-state index contributed by atoms with van der Waals surface area (Å²) in [6, 6.07) is 16.1. The summed E-state index contributed by atoms with van der Waals surface area (Å²) in [7, 11) is 0. The molecule has 2 amide bonds. The Balaban J connectivity index is 1.45. The number of rotatable bonds is 4. The third-order valence-electron chi connectivity index (χ3n) is 6.88. The number of carbonyl (C=O) groups is 2. The highest BCUT2D eigenvalue weighted by Gasteiger charge is 2.45. The van der Waals surface area contributed by atoms with E-state index in [4.69, 9.17) is 0 Å². The number of imide groups is 1. The number of piperazine rings is 1. The number of anilines is 1. The molecule has 0 spiro atoms. The molecule has 166 valence electrons. The van der Waals surface area contributed by atoms with Crippen molar-refractivity contribution < 1.29 is 14.0 Å². The van der Waals surface area contributed by atoms with Gasteiger partial charge in [-0.05, 0) is 42.7 Å². The molecule has 5 rings (SSSR count). The fraction of sp³-hybridized carbons (Fsp3) is 0.385. The molecule has 1 saturated carbocycles. The van der Waals surface area contributed by atoms with Gasteiger partial charge in [0.15, 0.2) is 0 Å². The van der Waals surface area contributed by atoms with E-state index in [0.717, 1.165) is 50.9 Å². The number of para-hydroxylation sites is 1. The Labute approximate surface area is 188 Å². The zero-order chi connectivity index (χ0) is 22.1. The van der Waals surface area contributed by atoms with Gasteiger partial charge >= 0.3 is 0 Å². The summed E-state index contributed by atoms with van der Waals surface area (Å²) in [5.41, 5.74) is 2.69. The molecule has 32 heavy (non-hydrogen) atoms. The van der Waals surface area contributed by atoms with Crippen molar-refractivity contribution in [2.24, 2.45) is 0 Å². The molecule has 0 aromatic heterocycles. The second-order valence-corrected chi connectivity index (χ2v) is 8.81. The molecule has 3 aliphatic rings. The molecule has 2 heterocycles. The smallest absolute Gasteiger partial charge is 0.278 e. The maximum atomic E-state index is 13.6. The van der Waals surface area contributed by atoms with Crippen molar-refractivity contribution in [3.05, 3.63) is 71.7 Å². The highest BCUT2D eigenvalue weighted by atomic mass is 19.1. The van der Waals surface area contributed by atoms with Gasteiger partial charge in [-0.3, -0.25) is 14.5 Å². The summed E-state index contributed by atoms with van der Waals surface area (Å²) < 4.78 is 13.6. The zero-order valence-electron chi connectivity index (χ0n) is 18.2. The van der Waals surface area contributed by atoms with E-state index in [1.165, 1.54) is 17.0 Å². The van der Waals surface area contributed by atoms with Crippen LogP contribution in [-0.2, 0) is 9.59 Å². The van der Waals surface area contributed by atoms with Gasteiger partial charge in [0.1, 0.15) is 11.5 Å². The lowest BCUT2D eigenvalue weighted by Gasteiger charge is -2.38. The molecule has 1 saturated heterocycles. The monoisotopic (exact) mass is 433 g/mol. The van der Waals surface area contributed by atoms with E-state index in [-0.39, 0.29) is 23.7 Å². The Morgan fingerprint density at radius 3 is 2.00 bits per heavy atom. The van der Waals surface area contributed by atoms with Gasteiger partial charge in [0.05, 0.1) is 5.57 Å². The Hall–Kier alpha value is -3.15. The molecule has 2 aromatic carbocycles. The van der Waals surface area contributed by atoms with Crippen molar-refractivity contribution in [3.8, 4) is 0 Å². The second kappa shape index (κ2) is 8.77. The van der Waals surface area contributed by atoms with Gasteiger partial charge < -0.3 is 9.80 Å². The van der Waals surface area contributed by atoms with Crippen LogP contribution in [0.2, 0.25) is 0 Å². The minimum atomic E-state index is -0.353. The minimum Gasteiger partial charge on any atom is -0.368 e. The summed E-state index contributed by atoms with van der Waals surface area (Å²) in [4.78, 5) is 33.0. The predicted octanol–water partition coefficient (Wildman–Crippen LogP) is 4.06. The van der Waals surface area contributed by atoms with Gasteiger partial charge in [-0.2, -0.15) is 0 Å². The highest BCUT2D eigenvalue weighted by Crippen LogP contribution is 2.36. The summed E-state index contributed by atoms with van der Waals surface area (Å²) in [5.74, 6) is -0.767. The van der Waals surface area contributed by atoms with Gasteiger partial charge in [0, 0.05) is 37.9 Å². The number of amides is 2. The summed E-state index contributed by atoms with van der Waals surface area (Å²) in [6.45, 7) is 2.86. The largest absolute Gasteiger partial charge is 0.368 e. The zero-order valence-corrected chi connectivity index (χ0v) is 18.2. The van der Waals surface area contributed by atoms with Crippen LogP contribution in [-0.4, -0.2) is 53.8 Å². The van der Waals surface area contributed by atoms with Crippen molar-refractivity contribution in [3.63, 3.8) is 0 Å². The number of halogens is 1. The van der Waals surface area contributed by atoms with Crippen LogP contribution in [0.4, 0.5) is 10.1 Å². The molecule has 2 fully saturated rings. The maximum Gasteiger partial charge on any atom is 0.278 e. The van der Waals surface area contributed by atoms with Gasteiger partial charge in [-0.25, -0.2) is 4.39 Å². The van der Waals surface area contributed by atoms with E-state index in [1.54, 1.807) is 12.1 Å². The first kappa shape index (κ1) is 20.7. The lowest BCUT2D eigenvalue weighted by molar-refractivity contribution is -0.141. The van der Waals surface area contributed by atoms with Gasteiger partial charge in [0.2, 0.25) is 0 Å². The van der Waals surface area contributed by atoms with Crippen LogP contribution in [0.1, 0.15) is 37.7 Å². The molecule has 1 aliphatic carbocycles. The molecule has 2 aromatic rings. The van der Waals surface area contributed by atoms with Gasteiger partial charge in [0.25, 0.3) is 11.8 Å². The molecule has 0 N–H and O–H groups in total. The van der Waals surface area contributed by atoms with Crippen LogP contribution in [0.15, 0.2) is 60.3 Å². The minimum absolute atomic E-state index is 0.0395. The SMILES string of the molecule is O=C1C(c2ccc(F)cc2)=C(N2CCN(c3ccccc3)CC2)C(=O)N1C1CCCCC1. The Bertz CT molecular complexity index is 1020. The number of hydrogen-bond acceptors (Lipinski definition) is 4. The lowest BCUT2D eigenvalue weighted by Crippen LogP contribution is -2.48. The maximum absolute atomic E-state index is 13.6. The Kier molecular flexibility index (Phi) is 5.68. The molecule has 6 heteroatoms. The average molecular weight is 434 g/mol. The van der Waals surface area contributed by atoms with E-state index in [0.29, 0.717) is 29.9 Å². The van der Waals surface area contributed by atoms with Crippen LogP contribution in [0, 0.1) is 5.82 Å². The molecule has 0 atom stereocenters. The van der Waals surface area contributed by atoms with Gasteiger partial charge in [-0.1, -0.05) is 49.6 Å². The average Bonchev–Trinajstić information content (AvgIpc) is 3.10. The Morgan fingerprint density at radius 2 is 1.34 bits per heavy atom. The summed E-state index contributed by atoms with van der Waals surface area (Å²) in [5, 5.41) is 0. The van der Waals surface area contributed by atoms with Crippen molar-refractivity contribution in [1.82, 2.24) is 9.80 Å². The van der Waals surface area contributed by atoms with E-state index < -0.39 is 0 Å². The second-order valence-electron chi connectivity index (χ2n) is 8.81. The molecule has 5 nitrogen and oxygen atoms in total. The molecular formula is C26H28FN3O2. The standard InChI is InChI=1S/C26H28FN3O2/c27-20-13-11-19(12-14-20)23-24(26(32)30(25(23)31)22-9-5-2-6-10-22)29-17-15-28(16-18-29)21-7-3-1-4-8-21/h1,3-4,7-8,11-14,22H,2,5-6,9-10,15-18H2. The molecule has 0 radical (unpaired) electrons. The van der Waals surface area contributed by atoms with Crippen LogP contribution < -0.4 is 4.90 Å². The normalized spacial score (nSPS) is 20.5. The summed E-state index contributed by atoms with van der Waals surface area (Å²) in [6.07, 6.45) is 4.96. The molecular weight excluding hydrogens is 405 g/mol. The quantitative estimate of drug-likeness (QED) is 0.682. The first-order valence-corrected chi connectivity index (χ1v) is 11.6. The van der Waals surface area contributed by atoms with Crippen molar-refractivity contribution in [1.29, 1.82) is 0 Å². The van der Waals surface area contributed by atoms with Crippen LogP contribution in [0.25, 0.3) is 5.57 Å². The van der Waals surface area contributed by atoms with Crippen LogP contribution >= 0.6 is 0 Å². The first-order chi connectivity index (χ1) is 15.6. The fourth-order valence-corrected chi connectivity index (χ4v) is 5.20. The Morgan fingerprint density at radius 1 is 0.719 bits per heavy atom. The van der Waals surface area contributed by atoms with Gasteiger partial charge in [-0.15, -0.1) is 0 Å². The molecule has 0 unspecified atom stereocenters. The third kappa shape index (κ3) is 3.78. The van der Waals surface area contributed by atoms with Crippen LogP contribution in [0.5, 0.6) is 0 Å². The van der Waals surface area contributed by atoms with Crippen molar-refractivity contribution in [2.75, 3.05) is 31.1 Å². The molecule has 0 bridgehead atoms. The third-order valence-corrected chi connectivity index (χ3v) is 6.88. The number of nitrogens with zero attached hydrogens (tertiary/aromatic N) is 3. The van der Waals surface area contributed by atoms with E-state index in [9.17, 15) is 14.0 Å². The van der Waals surface area contributed by atoms with E-state index in [2.05, 4.69) is 21.9 Å². The van der Waals surface area contributed by atoms with Crippen LogP contribution in [0.3, 0.4) is 0 Å². The number of carbonyl (C=O) groups excluding carboxylic acids is 2. The first-order valence-electron chi connectivity index (χ1n) is 11.6. The fourth-order valence-electron chi connectivity index (χ4n) is 5.20. The highest BCUT2D eigenvalue weighted by molar-refractivity contribution is 6.35.